The summed E-state index contributed by atoms with van der Waals surface area (Å²) in [4.78, 5) is 22.0. The Kier molecular flexibility index (Phi) is 4.79. The van der Waals surface area contributed by atoms with Crippen LogP contribution in [-0.2, 0) is 6.54 Å². The molecule has 0 aliphatic carbocycles. The number of nitrogens with zero attached hydrogens (tertiary/aromatic N) is 2. The highest BCUT2D eigenvalue weighted by Gasteiger charge is 2.13. The maximum atomic E-state index is 11.7. The molecule has 0 unspecified atom stereocenters. The van der Waals surface area contributed by atoms with Gasteiger partial charge in [0, 0.05) is 24.6 Å². The fourth-order valence-corrected chi connectivity index (χ4v) is 2.28. The van der Waals surface area contributed by atoms with E-state index < -0.39 is 10.7 Å². The van der Waals surface area contributed by atoms with Gasteiger partial charge in [0.05, 0.1) is 10.4 Å². The van der Waals surface area contributed by atoms with Crippen LogP contribution >= 0.6 is 11.6 Å². The Hall–Kier alpha value is -1.82. The summed E-state index contributed by atoms with van der Waals surface area (Å²) in [5.74, 6) is 0.165. The first-order valence-corrected chi connectivity index (χ1v) is 7.00. The summed E-state index contributed by atoms with van der Waals surface area (Å²) < 4.78 is 6.52. The fraction of sp³-hybridized carbons (Fsp3) is 0.462. The normalized spacial score (nSPS) is 11.1. The van der Waals surface area contributed by atoms with Gasteiger partial charge in [0.15, 0.2) is 5.58 Å². The lowest BCUT2D eigenvalue weighted by molar-refractivity contribution is -0.384. The molecule has 2 aromatic rings. The van der Waals surface area contributed by atoms with Gasteiger partial charge < -0.3 is 4.42 Å². The number of nitro benzene ring substituents is 1. The lowest BCUT2D eigenvalue weighted by atomic mass is 10.2. The van der Waals surface area contributed by atoms with Gasteiger partial charge in [-0.1, -0.05) is 12.8 Å². The first-order valence-electron chi connectivity index (χ1n) is 6.47. The number of hydrogen-bond acceptors (Lipinski definition) is 4. The molecule has 0 fully saturated rings. The van der Waals surface area contributed by atoms with E-state index in [0.29, 0.717) is 23.5 Å². The number of aryl methyl sites for hydroxylation is 1. The van der Waals surface area contributed by atoms with E-state index in [4.69, 9.17) is 16.0 Å². The summed E-state index contributed by atoms with van der Waals surface area (Å²) in [6, 6.07) is 4.16. The monoisotopic (exact) mass is 298 g/mol. The third-order valence-corrected chi connectivity index (χ3v) is 3.39. The van der Waals surface area contributed by atoms with E-state index in [-0.39, 0.29) is 5.69 Å². The van der Waals surface area contributed by atoms with Crippen LogP contribution in [0, 0.1) is 10.1 Å². The highest BCUT2D eigenvalue weighted by molar-refractivity contribution is 6.17. The molecule has 1 aromatic heterocycles. The number of nitro groups is 1. The molecule has 0 aliphatic rings. The third-order valence-electron chi connectivity index (χ3n) is 3.13. The highest BCUT2D eigenvalue weighted by Crippen LogP contribution is 2.20. The molecule has 108 valence electrons. The molecule has 0 spiro atoms. The Balaban J connectivity index is 2.18. The van der Waals surface area contributed by atoms with Crippen LogP contribution in [0.25, 0.3) is 11.1 Å². The minimum absolute atomic E-state index is 0.0470. The van der Waals surface area contributed by atoms with Gasteiger partial charge in [0.1, 0.15) is 0 Å². The average molecular weight is 299 g/mol. The summed E-state index contributed by atoms with van der Waals surface area (Å²) in [6.45, 7) is 0.495. The molecule has 6 nitrogen and oxygen atoms in total. The average Bonchev–Trinajstić information content (AvgIpc) is 2.73. The standard InChI is InChI=1S/C13H15ClN2O4/c14-7-3-1-2-4-8-15-11-9-10(16(18)19)5-6-12(11)20-13(15)17/h5-6,9H,1-4,7-8H2. The van der Waals surface area contributed by atoms with Crippen LogP contribution in [0.2, 0.25) is 0 Å². The molecule has 0 saturated heterocycles. The quantitative estimate of drug-likeness (QED) is 0.340. The van der Waals surface area contributed by atoms with Crippen molar-refractivity contribution in [1.29, 1.82) is 0 Å². The van der Waals surface area contributed by atoms with Gasteiger partial charge in [0.2, 0.25) is 0 Å². The van der Waals surface area contributed by atoms with E-state index in [1.54, 1.807) is 0 Å². The van der Waals surface area contributed by atoms with E-state index in [9.17, 15) is 14.9 Å². The summed E-state index contributed by atoms with van der Waals surface area (Å²) in [5.41, 5.74) is 0.803. The van der Waals surface area contributed by atoms with Crippen molar-refractivity contribution in [1.82, 2.24) is 4.57 Å². The predicted octanol–water partition coefficient (Wildman–Crippen LogP) is 3.30. The molecular formula is C13H15ClN2O4. The highest BCUT2D eigenvalue weighted by atomic mass is 35.5. The Morgan fingerprint density at radius 1 is 1.25 bits per heavy atom. The Bertz CT molecular complexity index is 662. The van der Waals surface area contributed by atoms with Gasteiger partial charge in [-0.15, -0.1) is 11.6 Å². The number of hydrogen-bond donors (Lipinski definition) is 0. The molecule has 0 radical (unpaired) electrons. The first-order chi connectivity index (χ1) is 9.63. The van der Waals surface area contributed by atoms with Crippen LogP contribution in [0.4, 0.5) is 5.69 Å². The SMILES string of the molecule is O=c1oc2ccc([N+](=O)[O-])cc2n1CCCCCCCl. The first kappa shape index (κ1) is 14.6. The smallest absolute Gasteiger partial charge is 0.408 e. The second-order valence-corrected chi connectivity index (χ2v) is 4.91. The third kappa shape index (κ3) is 3.19. The zero-order chi connectivity index (χ0) is 14.5. The molecule has 0 saturated carbocycles. The summed E-state index contributed by atoms with van der Waals surface area (Å²) in [6.07, 6.45) is 3.73. The molecule has 0 aliphatic heterocycles. The predicted molar refractivity (Wildman–Crippen MR) is 76.3 cm³/mol. The molecule has 7 heteroatoms. The van der Waals surface area contributed by atoms with Crippen molar-refractivity contribution >= 4 is 28.4 Å². The van der Waals surface area contributed by atoms with Gasteiger partial charge >= 0.3 is 5.76 Å². The molecule has 0 amide bonds. The molecule has 1 heterocycles. The maximum Gasteiger partial charge on any atom is 0.419 e. The molecule has 0 bridgehead atoms. The number of aromatic nitrogens is 1. The van der Waals surface area contributed by atoms with Gasteiger partial charge in [-0.2, -0.15) is 0 Å². The van der Waals surface area contributed by atoms with E-state index in [2.05, 4.69) is 0 Å². The van der Waals surface area contributed by atoms with E-state index >= 15 is 0 Å². The lowest BCUT2D eigenvalue weighted by Gasteiger charge is -2.02. The Morgan fingerprint density at radius 3 is 2.70 bits per heavy atom. The summed E-state index contributed by atoms with van der Waals surface area (Å²) in [7, 11) is 0. The number of fused-ring (bicyclic) bond motifs is 1. The van der Waals surface area contributed by atoms with Gasteiger partial charge in [-0.25, -0.2) is 4.79 Å². The minimum atomic E-state index is -0.484. The molecule has 1 aromatic carbocycles. The van der Waals surface area contributed by atoms with Crippen molar-refractivity contribution in [2.45, 2.75) is 32.2 Å². The Labute approximate surface area is 120 Å². The van der Waals surface area contributed by atoms with E-state index in [1.165, 1.54) is 22.8 Å². The molecule has 0 N–H and O–H groups in total. The molecular weight excluding hydrogens is 284 g/mol. The molecule has 0 atom stereocenters. The van der Waals surface area contributed by atoms with Crippen LogP contribution in [0.5, 0.6) is 0 Å². The van der Waals surface area contributed by atoms with Crippen LogP contribution in [0.3, 0.4) is 0 Å². The molecule has 20 heavy (non-hydrogen) atoms. The maximum absolute atomic E-state index is 11.7. The Morgan fingerprint density at radius 2 is 2.00 bits per heavy atom. The minimum Gasteiger partial charge on any atom is -0.408 e. The number of oxazole rings is 1. The number of rotatable bonds is 7. The van der Waals surface area contributed by atoms with Crippen molar-refractivity contribution < 1.29 is 9.34 Å². The van der Waals surface area contributed by atoms with Crippen molar-refractivity contribution in [2.24, 2.45) is 0 Å². The van der Waals surface area contributed by atoms with Crippen LogP contribution in [0.15, 0.2) is 27.4 Å². The second kappa shape index (κ2) is 6.56. The van der Waals surface area contributed by atoms with Gasteiger partial charge in [0.25, 0.3) is 5.69 Å². The number of alkyl halides is 1. The van der Waals surface area contributed by atoms with E-state index in [1.807, 2.05) is 0 Å². The van der Waals surface area contributed by atoms with Crippen LogP contribution in [-0.4, -0.2) is 15.4 Å². The second-order valence-electron chi connectivity index (χ2n) is 4.53. The largest absolute Gasteiger partial charge is 0.419 e. The summed E-state index contributed by atoms with van der Waals surface area (Å²) >= 11 is 5.60. The lowest BCUT2D eigenvalue weighted by Crippen LogP contribution is -2.14. The zero-order valence-corrected chi connectivity index (χ0v) is 11.6. The van der Waals surface area contributed by atoms with Crippen molar-refractivity contribution in [3.05, 3.63) is 38.9 Å². The number of non-ortho nitro benzene ring substituents is 1. The number of halogens is 1. The van der Waals surface area contributed by atoms with Crippen LogP contribution in [0.1, 0.15) is 25.7 Å². The zero-order valence-electron chi connectivity index (χ0n) is 10.9. The fourth-order valence-electron chi connectivity index (χ4n) is 2.09. The van der Waals surface area contributed by atoms with Crippen LogP contribution < -0.4 is 5.76 Å². The number of benzene rings is 1. The van der Waals surface area contributed by atoms with Gasteiger partial charge in [-0.05, 0) is 18.9 Å². The van der Waals surface area contributed by atoms with Crippen molar-refractivity contribution in [3.8, 4) is 0 Å². The van der Waals surface area contributed by atoms with Gasteiger partial charge in [-0.3, -0.25) is 14.7 Å². The number of unbranched alkanes of at least 4 members (excludes halogenated alkanes) is 3. The van der Waals surface area contributed by atoms with Crippen molar-refractivity contribution in [3.63, 3.8) is 0 Å². The molecule has 2 rings (SSSR count). The topological polar surface area (TPSA) is 78.3 Å². The summed E-state index contributed by atoms with van der Waals surface area (Å²) in [5, 5.41) is 10.8. The van der Waals surface area contributed by atoms with Crippen molar-refractivity contribution in [2.75, 3.05) is 5.88 Å². The van der Waals surface area contributed by atoms with E-state index in [0.717, 1.165) is 25.7 Å².